The molecule has 2 aromatic rings. The molecule has 126 valence electrons. The number of halogens is 2. The van der Waals surface area contributed by atoms with Gasteiger partial charge in [-0.3, -0.25) is 4.90 Å². The van der Waals surface area contributed by atoms with Crippen molar-refractivity contribution in [3.8, 4) is 0 Å². The van der Waals surface area contributed by atoms with E-state index in [1.165, 1.54) is 12.1 Å². The Balaban J connectivity index is 0.00000192. The molecule has 8 heteroatoms. The fraction of sp³-hybridized carbons (Fsp3) is 0.533. The SMILES string of the molecule is COCCn1nnnc1C(c1ccc(F)cc1)N1CCCC1.Cl. The zero-order valence-corrected chi connectivity index (χ0v) is 13.9. The Hall–Kier alpha value is -1.57. The summed E-state index contributed by atoms with van der Waals surface area (Å²) >= 11 is 0. The molecule has 1 aliphatic heterocycles. The molecule has 3 rings (SSSR count). The van der Waals surface area contributed by atoms with Gasteiger partial charge < -0.3 is 4.74 Å². The first-order valence-corrected chi connectivity index (χ1v) is 7.54. The lowest BCUT2D eigenvalue weighted by Gasteiger charge is -2.26. The monoisotopic (exact) mass is 341 g/mol. The summed E-state index contributed by atoms with van der Waals surface area (Å²) in [5, 5.41) is 12.1. The van der Waals surface area contributed by atoms with Crippen LogP contribution in [0.3, 0.4) is 0 Å². The summed E-state index contributed by atoms with van der Waals surface area (Å²) in [6.07, 6.45) is 2.33. The summed E-state index contributed by atoms with van der Waals surface area (Å²) < 4.78 is 20.1. The Morgan fingerprint density at radius 2 is 1.91 bits per heavy atom. The molecule has 1 aromatic carbocycles. The minimum atomic E-state index is -0.233. The molecule has 0 bridgehead atoms. The standard InChI is InChI=1S/C15H20FN5O.ClH/c1-22-11-10-21-15(17-18-19-21)14(20-8-2-3-9-20)12-4-6-13(16)7-5-12;/h4-7,14H,2-3,8-11H2,1H3;1H. The Bertz CT molecular complexity index is 600. The number of aromatic nitrogens is 4. The first-order chi connectivity index (χ1) is 10.8. The van der Waals surface area contributed by atoms with Gasteiger partial charge in [-0.25, -0.2) is 9.07 Å². The molecule has 1 aliphatic rings. The summed E-state index contributed by atoms with van der Waals surface area (Å²) in [7, 11) is 1.65. The van der Waals surface area contributed by atoms with Gasteiger partial charge in [0.05, 0.1) is 19.2 Å². The van der Waals surface area contributed by atoms with Crippen molar-refractivity contribution in [1.29, 1.82) is 0 Å². The smallest absolute Gasteiger partial charge is 0.173 e. The van der Waals surface area contributed by atoms with Gasteiger partial charge in [0.25, 0.3) is 0 Å². The zero-order valence-electron chi connectivity index (χ0n) is 13.1. The number of methoxy groups -OCH3 is 1. The van der Waals surface area contributed by atoms with Crippen LogP contribution in [0.15, 0.2) is 24.3 Å². The molecule has 1 saturated heterocycles. The summed E-state index contributed by atoms with van der Waals surface area (Å²) in [4.78, 5) is 2.35. The number of nitrogens with zero attached hydrogens (tertiary/aromatic N) is 5. The Morgan fingerprint density at radius 1 is 1.22 bits per heavy atom. The van der Waals surface area contributed by atoms with Crippen LogP contribution in [0.1, 0.15) is 30.3 Å². The Labute approximate surface area is 141 Å². The third-order valence-electron chi connectivity index (χ3n) is 4.00. The van der Waals surface area contributed by atoms with Crippen LogP contribution < -0.4 is 0 Å². The van der Waals surface area contributed by atoms with E-state index in [9.17, 15) is 4.39 Å². The Morgan fingerprint density at radius 3 is 2.57 bits per heavy atom. The molecule has 6 nitrogen and oxygen atoms in total. The number of likely N-dealkylation sites (tertiary alicyclic amines) is 1. The first kappa shape index (κ1) is 17.8. The Kier molecular flexibility index (Phi) is 6.44. The minimum absolute atomic E-state index is 0. The van der Waals surface area contributed by atoms with E-state index in [2.05, 4.69) is 20.4 Å². The van der Waals surface area contributed by atoms with E-state index in [1.807, 2.05) is 12.1 Å². The fourth-order valence-corrected chi connectivity index (χ4v) is 2.91. The maximum atomic E-state index is 13.2. The first-order valence-electron chi connectivity index (χ1n) is 7.54. The molecule has 1 atom stereocenters. The number of rotatable bonds is 6. The summed E-state index contributed by atoms with van der Waals surface area (Å²) in [5.74, 6) is 0.549. The van der Waals surface area contributed by atoms with Crippen LogP contribution in [0, 0.1) is 5.82 Å². The predicted molar refractivity (Wildman–Crippen MR) is 86.0 cm³/mol. The van der Waals surface area contributed by atoms with Crippen molar-refractivity contribution >= 4 is 12.4 Å². The highest BCUT2D eigenvalue weighted by Gasteiger charge is 2.29. The van der Waals surface area contributed by atoms with E-state index in [4.69, 9.17) is 4.74 Å². The average Bonchev–Trinajstić information content (AvgIpc) is 3.20. The normalized spacial score (nSPS) is 16.3. The van der Waals surface area contributed by atoms with Gasteiger partial charge in [-0.2, -0.15) is 0 Å². The van der Waals surface area contributed by atoms with E-state index >= 15 is 0 Å². The van der Waals surface area contributed by atoms with E-state index in [0.717, 1.165) is 37.3 Å². The summed E-state index contributed by atoms with van der Waals surface area (Å²) in [6.45, 7) is 3.15. The van der Waals surface area contributed by atoms with Gasteiger partial charge in [0.1, 0.15) is 5.82 Å². The van der Waals surface area contributed by atoms with Gasteiger partial charge in [-0.1, -0.05) is 12.1 Å². The number of tetrazole rings is 1. The van der Waals surface area contributed by atoms with Crippen LogP contribution in [-0.4, -0.2) is 51.9 Å². The maximum Gasteiger partial charge on any atom is 0.173 e. The van der Waals surface area contributed by atoms with E-state index in [1.54, 1.807) is 11.8 Å². The van der Waals surface area contributed by atoms with Gasteiger partial charge in [0.15, 0.2) is 5.82 Å². The van der Waals surface area contributed by atoms with Crippen molar-refractivity contribution in [3.63, 3.8) is 0 Å². The minimum Gasteiger partial charge on any atom is -0.383 e. The molecule has 1 unspecified atom stereocenters. The van der Waals surface area contributed by atoms with E-state index in [0.29, 0.717) is 13.2 Å². The van der Waals surface area contributed by atoms with Crippen molar-refractivity contribution in [2.45, 2.75) is 25.4 Å². The molecule has 23 heavy (non-hydrogen) atoms. The van der Waals surface area contributed by atoms with Crippen LogP contribution in [0.4, 0.5) is 4.39 Å². The second-order valence-electron chi connectivity index (χ2n) is 5.45. The van der Waals surface area contributed by atoms with Crippen molar-refractivity contribution < 1.29 is 9.13 Å². The van der Waals surface area contributed by atoms with E-state index in [-0.39, 0.29) is 24.3 Å². The molecular weight excluding hydrogens is 321 g/mol. The third-order valence-corrected chi connectivity index (χ3v) is 4.00. The molecule has 0 radical (unpaired) electrons. The quantitative estimate of drug-likeness (QED) is 0.805. The van der Waals surface area contributed by atoms with Crippen LogP contribution >= 0.6 is 12.4 Å². The van der Waals surface area contributed by atoms with Crippen LogP contribution in [0.25, 0.3) is 0 Å². The van der Waals surface area contributed by atoms with Crippen molar-refractivity contribution in [1.82, 2.24) is 25.1 Å². The average molecular weight is 342 g/mol. The molecule has 2 heterocycles. The van der Waals surface area contributed by atoms with E-state index < -0.39 is 0 Å². The highest BCUT2D eigenvalue weighted by Crippen LogP contribution is 2.30. The summed E-state index contributed by atoms with van der Waals surface area (Å²) in [5.41, 5.74) is 1.01. The second-order valence-corrected chi connectivity index (χ2v) is 5.45. The van der Waals surface area contributed by atoms with Crippen molar-refractivity contribution in [2.75, 3.05) is 26.8 Å². The van der Waals surface area contributed by atoms with Crippen molar-refractivity contribution in [2.24, 2.45) is 0 Å². The number of ether oxygens (including phenoxy) is 1. The largest absolute Gasteiger partial charge is 0.383 e. The second kappa shape index (κ2) is 8.33. The fourth-order valence-electron chi connectivity index (χ4n) is 2.91. The zero-order chi connectivity index (χ0) is 15.4. The van der Waals surface area contributed by atoms with Gasteiger partial charge in [0, 0.05) is 7.11 Å². The molecule has 0 N–H and O–H groups in total. The maximum absolute atomic E-state index is 13.2. The summed E-state index contributed by atoms with van der Waals surface area (Å²) in [6, 6.07) is 6.56. The molecule has 0 saturated carbocycles. The molecule has 0 amide bonds. The number of hydrogen-bond donors (Lipinski definition) is 0. The number of hydrogen-bond acceptors (Lipinski definition) is 5. The molecular formula is C15H21ClFN5O. The third kappa shape index (κ3) is 4.04. The molecule has 0 spiro atoms. The highest BCUT2D eigenvalue weighted by molar-refractivity contribution is 5.85. The lowest BCUT2D eigenvalue weighted by atomic mass is 10.0. The number of benzene rings is 1. The van der Waals surface area contributed by atoms with Crippen LogP contribution in [0.5, 0.6) is 0 Å². The topological polar surface area (TPSA) is 56.1 Å². The van der Waals surface area contributed by atoms with Crippen molar-refractivity contribution in [3.05, 3.63) is 41.5 Å². The highest BCUT2D eigenvalue weighted by atomic mass is 35.5. The molecule has 0 aliphatic carbocycles. The lowest BCUT2D eigenvalue weighted by Crippen LogP contribution is -2.29. The molecule has 1 fully saturated rings. The van der Waals surface area contributed by atoms with Gasteiger partial charge in [-0.05, 0) is 54.1 Å². The molecule has 1 aromatic heterocycles. The van der Waals surface area contributed by atoms with Gasteiger partial charge in [0.2, 0.25) is 0 Å². The van der Waals surface area contributed by atoms with Crippen LogP contribution in [0.2, 0.25) is 0 Å². The van der Waals surface area contributed by atoms with Crippen LogP contribution in [-0.2, 0) is 11.3 Å². The van der Waals surface area contributed by atoms with Gasteiger partial charge >= 0.3 is 0 Å². The van der Waals surface area contributed by atoms with Gasteiger partial charge in [-0.15, -0.1) is 17.5 Å². The predicted octanol–water partition coefficient (Wildman–Crippen LogP) is 2.07. The lowest BCUT2D eigenvalue weighted by molar-refractivity contribution is 0.178.